The van der Waals surface area contributed by atoms with Gasteiger partial charge in [0.05, 0.1) is 10.0 Å². The number of carbonyl (C=O) groups excluding carboxylic acids is 1. The van der Waals surface area contributed by atoms with E-state index in [2.05, 4.69) is 0 Å². The molecule has 17 heavy (non-hydrogen) atoms. The normalized spacial score (nSPS) is 10.2. The summed E-state index contributed by atoms with van der Waals surface area (Å²) < 4.78 is 0. The molecular weight excluding hydrogens is 257 g/mol. The minimum Gasteiger partial charge on any atom is -0.366 e. The van der Waals surface area contributed by atoms with Gasteiger partial charge in [-0.05, 0) is 29.3 Å². The summed E-state index contributed by atoms with van der Waals surface area (Å²) in [7, 11) is 0. The topological polar surface area (TPSA) is 43.1 Å². The van der Waals surface area contributed by atoms with E-state index in [4.69, 9.17) is 28.9 Å². The van der Waals surface area contributed by atoms with Gasteiger partial charge in [0.2, 0.25) is 5.91 Å². The maximum atomic E-state index is 11.3. The third kappa shape index (κ3) is 2.43. The van der Waals surface area contributed by atoms with E-state index in [0.717, 1.165) is 11.1 Å². The molecule has 0 aliphatic heterocycles. The Morgan fingerprint density at radius 1 is 1.00 bits per heavy atom. The van der Waals surface area contributed by atoms with E-state index in [-0.39, 0.29) is 0 Å². The molecule has 0 atom stereocenters. The second-order valence-electron chi connectivity index (χ2n) is 3.54. The quantitative estimate of drug-likeness (QED) is 0.883. The molecule has 0 saturated carbocycles. The summed E-state index contributed by atoms with van der Waals surface area (Å²) in [5.41, 5.74) is 7.35. The van der Waals surface area contributed by atoms with Gasteiger partial charge in [0.15, 0.2) is 0 Å². The van der Waals surface area contributed by atoms with E-state index in [9.17, 15) is 4.79 Å². The first-order valence-electron chi connectivity index (χ1n) is 4.94. The highest BCUT2D eigenvalue weighted by Gasteiger charge is 2.10. The fourth-order valence-electron chi connectivity index (χ4n) is 1.61. The van der Waals surface area contributed by atoms with Crippen LogP contribution in [0, 0.1) is 0 Å². The van der Waals surface area contributed by atoms with Crippen LogP contribution in [0.2, 0.25) is 10.0 Å². The first-order chi connectivity index (χ1) is 8.09. The molecule has 0 aliphatic carbocycles. The maximum Gasteiger partial charge on any atom is 0.249 e. The van der Waals surface area contributed by atoms with Crippen molar-refractivity contribution in [1.29, 1.82) is 0 Å². The van der Waals surface area contributed by atoms with Gasteiger partial charge >= 0.3 is 0 Å². The second-order valence-corrected chi connectivity index (χ2v) is 4.35. The number of primary amides is 1. The SMILES string of the molecule is NC(=O)c1ccccc1-c1ccc(Cl)c(Cl)c1. The summed E-state index contributed by atoms with van der Waals surface area (Å²) in [5, 5.41) is 0.926. The standard InChI is InChI=1S/C13H9Cl2NO/c14-11-6-5-8(7-12(11)15)9-3-1-2-4-10(9)13(16)17/h1-7H,(H2,16,17). The Balaban J connectivity index is 2.60. The van der Waals surface area contributed by atoms with Gasteiger partial charge in [-0.25, -0.2) is 0 Å². The Morgan fingerprint density at radius 2 is 1.71 bits per heavy atom. The summed E-state index contributed by atoms with van der Waals surface area (Å²) in [4.78, 5) is 11.3. The number of amides is 1. The molecule has 86 valence electrons. The first kappa shape index (κ1) is 12.0. The molecule has 2 aromatic rings. The molecule has 4 heteroatoms. The van der Waals surface area contributed by atoms with Gasteiger partial charge in [-0.1, -0.05) is 47.5 Å². The maximum absolute atomic E-state index is 11.3. The molecule has 0 aliphatic rings. The van der Waals surface area contributed by atoms with Crippen molar-refractivity contribution in [2.24, 2.45) is 5.73 Å². The smallest absolute Gasteiger partial charge is 0.249 e. The van der Waals surface area contributed by atoms with Crippen molar-refractivity contribution in [2.75, 3.05) is 0 Å². The molecule has 0 spiro atoms. The molecule has 0 saturated heterocycles. The highest BCUT2D eigenvalue weighted by molar-refractivity contribution is 6.42. The van der Waals surface area contributed by atoms with E-state index in [1.165, 1.54) is 0 Å². The number of carbonyl (C=O) groups is 1. The average molecular weight is 266 g/mol. The minimum absolute atomic E-state index is 0.448. The first-order valence-corrected chi connectivity index (χ1v) is 5.69. The molecule has 2 N–H and O–H groups in total. The summed E-state index contributed by atoms with van der Waals surface area (Å²) in [6.45, 7) is 0. The Bertz CT molecular complexity index is 581. The van der Waals surface area contributed by atoms with E-state index in [1.54, 1.807) is 30.3 Å². The van der Waals surface area contributed by atoms with Gasteiger partial charge in [0.25, 0.3) is 0 Å². The van der Waals surface area contributed by atoms with Crippen LogP contribution in [0.25, 0.3) is 11.1 Å². The van der Waals surface area contributed by atoms with Gasteiger partial charge in [-0.15, -0.1) is 0 Å². The number of halogens is 2. The number of benzene rings is 2. The summed E-state index contributed by atoms with van der Waals surface area (Å²) >= 11 is 11.8. The Labute approximate surface area is 109 Å². The molecule has 0 bridgehead atoms. The van der Waals surface area contributed by atoms with Gasteiger partial charge < -0.3 is 5.73 Å². The lowest BCUT2D eigenvalue weighted by Gasteiger charge is -2.07. The molecule has 0 radical (unpaired) electrons. The van der Waals surface area contributed by atoms with Crippen molar-refractivity contribution in [3.05, 3.63) is 58.1 Å². The highest BCUT2D eigenvalue weighted by Crippen LogP contribution is 2.30. The summed E-state index contributed by atoms with van der Waals surface area (Å²) in [6.07, 6.45) is 0. The number of rotatable bonds is 2. The van der Waals surface area contributed by atoms with Crippen LogP contribution in [0.5, 0.6) is 0 Å². The molecule has 0 heterocycles. The highest BCUT2D eigenvalue weighted by atomic mass is 35.5. The van der Waals surface area contributed by atoms with E-state index in [0.29, 0.717) is 15.6 Å². The predicted molar refractivity (Wildman–Crippen MR) is 70.4 cm³/mol. The lowest BCUT2D eigenvalue weighted by atomic mass is 9.99. The number of nitrogens with two attached hydrogens (primary N) is 1. The van der Waals surface area contributed by atoms with Crippen LogP contribution >= 0.6 is 23.2 Å². The summed E-state index contributed by atoms with van der Waals surface area (Å²) in [6, 6.07) is 12.3. The monoisotopic (exact) mass is 265 g/mol. The minimum atomic E-state index is -0.466. The van der Waals surface area contributed by atoms with Crippen molar-refractivity contribution in [3.8, 4) is 11.1 Å². The lowest BCUT2D eigenvalue weighted by molar-refractivity contribution is 0.100. The van der Waals surface area contributed by atoms with Gasteiger partial charge in [0, 0.05) is 5.56 Å². The van der Waals surface area contributed by atoms with Crippen LogP contribution in [0.3, 0.4) is 0 Å². The fourth-order valence-corrected chi connectivity index (χ4v) is 1.91. The van der Waals surface area contributed by atoms with Crippen molar-refractivity contribution in [2.45, 2.75) is 0 Å². The molecule has 0 fully saturated rings. The van der Waals surface area contributed by atoms with E-state index in [1.807, 2.05) is 12.1 Å². The Morgan fingerprint density at radius 3 is 2.35 bits per heavy atom. The van der Waals surface area contributed by atoms with Crippen LogP contribution in [0.4, 0.5) is 0 Å². The van der Waals surface area contributed by atoms with Crippen LogP contribution in [-0.4, -0.2) is 5.91 Å². The summed E-state index contributed by atoms with van der Waals surface area (Å²) in [5.74, 6) is -0.466. The molecule has 0 aromatic heterocycles. The van der Waals surface area contributed by atoms with Crippen LogP contribution in [0.15, 0.2) is 42.5 Å². The molecule has 1 amide bonds. The van der Waals surface area contributed by atoms with Crippen molar-refractivity contribution < 1.29 is 4.79 Å². The fraction of sp³-hybridized carbons (Fsp3) is 0. The Hall–Kier alpha value is -1.51. The van der Waals surface area contributed by atoms with Crippen LogP contribution < -0.4 is 5.73 Å². The molecule has 2 aromatic carbocycles. The third-order valence-corrected chi connectivity index (χ3v) is 3.16. The van der Waals surface area contributed by atoms with Gasteiger partial charge in [-0.3, -0.25) is 4.79 Å². The number of hydrogen-bond acceptors (Lipinski definition) is 1. The molecule has 2 rings (SSSR count). The zero-order valence-electron chi connectivity index (χ0n) is 8.78. The van der Waals surface area contributed by atoms with E-state index >= 15 is 0 Å². The second kappa shape index (κ2) is 4.78. The zero-order chi connectivity index (χ0) is 12.4. The Kier molecular flexibility index (Phi) is 3.36. The number of hydrogen-bond donors (Lipinski definition) is 1. The van der Waals surface area contributed by atoms with Crippen LogP contribution in [-0.2, 0) is 0 Å². The van der Waals surface area contributed by atoms with Crippen LogP contribution in [0.1, 0.15) is 10.4 Å². The van der Waals surface area contributed by atoms with Gasteiger partial charge in [-0.2, -0.15) is 0 Å². The van der Waals surface area contributed by atoms with E-state index < -0.39 is 5.91 Å². The molecule has 2 nitrogen and oxygen atoms in total. The predicted octanol–water partition coefficient (Wildman–Crippen LogP) is 3.76. The molecular formula is C13H9Cl2NO. The third-order valence-electron chi connectivity index (χ3n) is 2.42. The largest absolute Gasteiger partial charge is 0.366 e. The van der Waals surface area contributed by atoms with Crippen molar-refractivity contribution in [3.63, 3.8) is 0 Å². The van der Waals surface area contributed by atoms with Gasteiger partial charge in [0.1, 0.15) is 0 Å². The average Bonchev–Trinajstić information content (AvgIpc) is 2.32. The van der Waals surface area contributed by atoms with Crippen molar-refractivity contribution >= 4 is 29.1 Å². The zero-order valence-corrected chi connectivity index (χ0v) is 10.3. The lowest BCUT2D eigenvalue weighted by Crippen LogP contribution is -2.12. The molecule has 0 unspecified atom stereocenters. The van der Waals surface area contributed by atoms with Crippen molar-refractivity contribution in [1.82, 2.24) is 0 Å².